The first-order chi connectivity index (χ1) is 14.9. The molecule has 8 heteroatoms. The molecule has 0 spiro atoms. The highest BCUT2D eigenvalue weighted by Gasteiger charge is 2.28. The molecule has 0 radical (unpaired) electrons. The van der Waals surface area contributed by atoms with Crippen molar-refractivity contribution in [3.8, 4) is 0 Å². The van der Waals surface area contributed by atoms with Crippen LogP contribution >= 0.6 is 43.5 Å². The van der Waals surface area contributed by atoms with E-state index in [9.17, 15) is 4.79 Å². The number of halogens is 3. The van der Waals surface area contributed by atoms with Crippen molar-refractivity contribution >= 4 is 60.8 Å². The van der Waals surface area contributed by atoms with Gasteiger partial charge in [0.05, 0.1) is 27.5 Å². The van der Waals surface area contributed by atoms with Crippen molar-refractivity contribution in [3.05, 3.63) is 60.3 Å². The zero-order valence-corrected chi connectivity index (χ0v) is 21.2. The molecule has 5 nitrogen and oxygen atoms in total. The predicted molar refractivity (Wildman–Crippen MR) is 138 cm³/mol. The average Bonchev–Trinajstić information content (AvgIpc) is 2.74. The zero-order valence-electron chi connectivity index (χ0n) is 17.3. The van der Waals surface area contributed by atoms with Gasteiger partial charge < -0.3 is 15.4 Å². The van der Waals surface area contributed by atoms with Crippen LogP contribution in [-0.4, -0.2) is 35.7 Å². The molecule has 2 aromatic rings. The van der Waals surface area contributed by atoms with E-state index in [2.05, 4.69) is 37.9 Å². The van der Waals surface area contributed by atoms with Crippen LogP contribution in [0, 0.1) is 0 Å². The van der Waals surface area contributed by atoms with E-state index in [1.54, 1.807) is 4.90 Å². The molecule has 1 aliphatic carbocycles. The van der Waals surface area contributed by atoms with Crippen molar-refractivity contribution in [3.63, 3.8) is 0 Å². The van der Waals surface area contributed by atoms with Crippen LogP contribution < -0.4 is 5.73 Å². The first-order valence-corrected chi connectivity index (χ1v) is 12.4. The lowest BCUT2D eigenvalue weighted by Gasteiger charge is -2.31. The summed E-state index contributed by atoms with van der Waals surface area (Å²) in [7, 11) is 0. The number of nitrogens with two attached hydrogens (primary N) is 1. The SMILES string of the molecule is C.CCOC(=O)N1CCC(=C2c3ncc(Br)cc3CCCc3cc(Cl)c(N)c(Br)c32)CC1. The molecular weight excluding hydrogens is 558 g/mol. The molecule has 0 saturated carbocycles. The van der Waals surface area contributed by atoms with Crippen LogP contribution in [0.4, 0.5) is 10.5 Å². The van der Waals surface area contributed by atoms with Gasteiger partial charge in [-0.15, -0.1) is 0 Å². The lowest BCUT2D eigenvalue weighted by Crippen LogP contribution is -2.37. The summed E-state index contributed by atoms with van der Waals surface area (Å²) < 4.78 is 6.98. The maximum Gasteiger partial charge on any atom is 0.409 e. The van der Waals surface area contributed by atoms with Crippen molar-refractivity contribution < 1.29 is 9.53 Å². The summed E-state index contributed by atoms with van der Waals surface area (Å²) in [5.74, 6) is 0. The molecule has 4 rings (SSSR count). The summed E-state index contributed by atoms with van der Waals surface area (Å²) >= 11 is 13.7. The largest absolute Gasteiger partial charge is 0.450 e. The maximum atomic E-state index is 12.2. The molecule has 1 aromatic heterocycles. The quantitative estimate of drug-likeness (QED) is 0.365. The molecule has 1 aromatic carbocycles. The number of aromatic nitrogens is 1. The Labute approximate surface area is 211 Å². The van der Waals surface area contributed by atoms with Gasteiger partial charge in [-0.3, -0.25) is 4.98 Å². The number of aryl methyl sites for hydroxylation is 2. The van der Waals surface area contributed by atoms with Crippen LogP contribution in [0.2, 0.25) is 5.02 Å². The Hall–Kier alpha value is -1.57. The number of piperidine rings is 1. The number of hydrogen-bond donors (Lipinski definition) is 1. The first kappa shape index (κ1) is 25.1. The minimum absolute atomic E-state index is 0. The molecule has 172 valence electrons. The number of nitrogen functional groups attached to an aromatic ring is 1. The second-order valence-electron chi connectivity index (χ2n) is 7.80. The molecule has 2 N–H and O–H groups in total. The summed E-state index contributed by atoms with van der Waals surface area (Å²) in [6.07, 6.45) is 5.98. The van der Waals surface area contributed by atoms with Crippen LogP contribution in [0.3, 0.4) is 0 Å². The van der Waals surface area contributed by atoms with E-state index in [0.29, 0.717) is 30.4 Å². The fraction of sp³-hybridized carbons (Fsp3) is 0.417. The van der Waals surface area contributed by atoms with Crippen molar-refractivity contribution in [2.24, 2.45) is 0 Å². The number of hydrogen-bond acceptors (Lipinski definition) is 4. The van der Waals surface area contributed by atoms with Gasteiger partial charge in [0.25, 0.3) is 0 Å². The number of carbonyl (C=O) groups is 1. The van der Waals surface area contributed by atoms with E-state index in [0.717, 1.165) is 57.9 Å². The van der Waals surface area contributed by atoms with Gasteiger partial charge in [-0.25, -0.2) is 4.79 Å². The van der Waals surface area contributed by atoms with Crippen molar-refractivity contribution in [1.29, 1.82) is 0 Å². The van der Waals surface area contributed by atoms with Crippen molar-refractivity contribution in [2.75, 3.05) is 25.4 Å². The Kier molecular flexibility index (Phi) is 8.28. The number of ether oxygens (including phenoxy) is 1. The molecule has 0 atom stereocenters. The summed E-state index contributed by atoms with van der Waals surface area (Å²) in [5, 5.41) is 0.566. The standard InChI is InChI=1S/C23H24Br2ClN3O2.CH4/c1-2-31-23(30)29-8-6-13(7-9-29)19-18-14(11-17(26)21(27)20(18)25)4-3-5-15-10-16(24)12-28-22(15)19;/h10-12H,2-9,27H2,1H3;1H4. The molecule has 1 saturated heterocycles. The van der Waals surface area contributed by atoms with Gasteiger partial charge in [-0.2, -0.15) is 0 Å². The smallest absolute Gasteiger partial charge is 0.409 e. The number of likely N-dealkylation sites (tertiary alicyclic amines) is 1. The third-order valence-corrected chi connectivity index (χ3v) is 7.46. The van der Waals surface area contributed by atoms with Crippen LogP contribution in [0.25, 0.3) is 5.57 Å². The van der Waals surface area contributed by atoms with Crippen molar-refractivity contribution in [1.82, 2.24) is 9.88 Å². The number of fused-ring (bicyclic) bond motifs is 2. The van der Waals surface area contributed by atoms with Gasteiger partial charge in [-0.1, -0.05) is 24.6 Å². The molecular formula is C24H28Br2ClN3O2. The second kappa shape index (κ2) is 10.6. The highest BCUT2D eigenvalue weighted by molar-refractivity contribution is 9.11. The molecule has 2 aliphatic rings. The van der Waals surface area contributed by atoms with Crippen LogP contribution in [0.5, 0.6) is 0 Å². The number of pyridine rings is 1. The van der Waals surface area contributed by atoms with Gasteiger partial charge >= 0.3 is 6.09 Å². The highest BCUT2D eigenvalue weighted by atomic mass is 79.9. The van der Waals surface area contributed by atoms with Crippen LogP contribution in [0.15, 0.2) is 32.8 Å². The summed E-state index contributed by atoms with van der Waals surface area (Å²) in [5.41, 5.74) is 13.7. The number of rotatable bonds is 1. The third kappa shape index (κ3) is 4.85. The predicted octanol–water partition coefficient (Wildman–Crippen LogP) is 7.02. The Balaban J connectivity index is 0.00000289. The fourth-order valence-corrected chi connectivity index (χ4v) is 5.79. The molecule has 2 heterocycles. The minimum Gasteiger partial charge on any atom is -0.450 e. The van der Waals surface area contributed by atoms with Gasteiger partial charge in [0.2, 0.25) is 0 Å². The maximum absolute atomic E-state index is 12.2. The van der Waals surface area contributed by atoms with Crippen molar-refractivity contribution in [2.45, 2.75) is 46.5 Å². The van der Waals surface area contributed by atoms with Gasteiger partial charge in [0.1, 0.15) is 0 Å². The topological polar surface area (TPSA) is 68.5 Å². The van der Waals surface area contributed by atoms with E-state index >= 15 is 0 Å². The third-order valence-electron chi connectivity index (χ3n) is 5.89. The van der Waals surface area contributed by atoms with Gasteiger partial charge in [0, 0.05) is 34.9 Å². The molecule has 0 unspecified atom stereocenters. The first-order valence-electron chi connectivity index (χ1n) is 10.5. The van der Waals surface area contributed by atoms with E-state index < -0.39 is 0 Å². The number of nitrogens with zero attached hydrogens (tertiary/aromatic N) is 2. The van der Waals surface area contributed by atoms with Crippen LogP contribution in [-0.2, 0) is 17.6 Å². The van der Waals surface area contributed by atoms with E-state index in [-0.39, 0.29) is 13.5 Å². The molecule has 0 bridgehead atoms. The van der Waals surface area contributed by atoms with E-state index in [1.807, 2.05) is 19.2 Å². The lowest BCUT2D eigenvalue weighted by molar-refractivity contribution is 0.104. The molecule has 1 fully saturated rings. The Morgan fingerprint density at radius 2 is 1.88 bits per heavy atom. The summed E-state index contributed by atoms with van der Waals surface area (Å²) in [4.78, 5) is 18.8. The van der Waals surface area contributed by atoms with Gasteiger partial charge in [0.15, 0.2) is 0 Å². The van der Waals surface area contributed by atoms with Crippen LogP contribution in [0.1, 0.15) is 56.0 Å². The minimum atomic E-state index is -0.246. The van der Waals surface area contributed by atoms with E-state index in [4.69, 9.17) is 27.1 Å². The average molecular weight is 586 g/mol. The summed E-state index contributed by atoms with van der Waals surface area (Å²) in [6.45, 7) is 3.46. The highest BCUT2D eigenvalue weighted by Crippen LogP contribution is 2.44. The Morgan fingerprint density at radius 1 is 1.19 bits per heavy atom. The van der Waals surface area contributed by atoms with E-state index in [1.165, 1.54) is 16.7 Å². The number of anilines is 1. The molecule has 1 amide bonds. The molecule has 1 aliphatic heterocycles. The summed E-state index contributed by atoms with van der Waals surface area (Å²) in [6, 6.07) is 4.16. The number of benzene rings is 1. The number of amides is 1. The molecule has 32 heavy (non-hydrogen) atoms. The number of carbonyl (C=O) groups excluding carboxylic acids is 1. The zero-order chi connectivity index (χ0) is 22.1. The normalized spacial score (nSPS) is 15.8. The fourth-order valence-electron chi connectivity index (χ4n) is 4.40. The second-order valence-corrected chi connectivity index (χ2v) is 9.92. The monoisotopic (exact) mass is 583 g/mol. The lowest BCUT2D eigenvalue weighted by atomic mass is 9.83. The Morgan fingerprint density at radius 3 is 2.56 bits per heavy atom. The Bertz CT molecular complexity index is 1060. The van der Waals surface area contributed by atoms with Gasteiger partial charge in [-0.05, 0) is 94.1 Å².